The van der Waals surface area contributed by atoms with Gasteiger partial charge < -0.3 is 5.32 Å². The summed E-state index contributed by atoms with van der Waals surface area (Å²) in [5, 5.41) is 3.33. The summed E-state index contributed by atoms with van der Waals surface area (Å²) in [5.41, 5.74) is 0.109. The summed E-state index contributed by atoms with van der Waals surface area (Å²) in [6.07, 6.45) is 0.606. The number of hydrogen-bond donors (Lipinski definition) is 1. The molecule has 5 heteroatoms. The number of benzene rings is 1. The Morgan fingerprint density at radius 3 is 2.44 bits per heavy atom. The SMILES string of the molecule is CC[C@]1(c2ccccc2)C(=O)N(C)C(=S)NC1=S. The summed E-state index contributed by atoms with van der Waals surface area (Å²) in [5.74, 6) is -0.0649. The van der Waals surface area contributed by atoms with Crippen molar-refractivity contribution in [1.29, 1.82) is 0 Å². The van der Waals surface area contributed by atoms with Crippen molar-refractivity contribution in [3.63, 3.8) is 0 Å². The first kappa shape index (κ1) is 13.1. The molecule has 1 aliphatic heterocycles. The van der Waals surface area contributed by atoms with Crippen molar-refractivity contribution in [2.75, 3.05) is 7.05 Å². The topological polar surface area (TPSA) is 32.3 Å². The minimum atomic E-state index is -0.798. The van der Waals surface area contributed by atoms with Gasteiger partial charge in [-0.1, -0.05) is 49.5 Å². The summed E-state index contributed by atoms with van der Waals surface area (Å²) < 4.78 is 0. The zero-order valence-electron chi connectivity index (χ0n) is 10.3. The summed E-state index contributed by atoms with van der Waals surface area (Å²) >= 11 is 10.5. The smallest absolute Gasteiger partial charge is 0.246 e. The largest absolute Gasteiger partial charge is 0.326 e. The van der Waals surface area contributed by atoms with Gasteiger partial charge in [0.15, 0.2) is 5.11 Å². The second kappa shape index (κ2) is 4.74. The first-order valence-electron chi connectivity index (χ1n) is 5.73. The third-order valence-electron chi connectivity index (χ3n) is 3.38. The molecule has 0 saturated carbocycles. The van der Waals surface area contributed by atoms with Crippen LogP contribution in [-0.4, -0.2) is 28.0 Å². The molecule has 1 aromatic rings. The van der Waals surface area contributed by atoms with Crippen LogP contribution in [0, 0.1) is 0 Å². The van der Waals surface area contributed by atoms with Crippen LogP contribution in [0.3, 0.4) is 0 Å². The van der Waals surface area contributed by atoms with Gasteiger partial charge >= 0.3 is 0 Å². The van der Waals surface area contributed by atoms with E-state index in [0.29, 0.717) is 16.5 Å². The Labute approximate surface area is 117 Å². The van der Waals surface area contributed by atoms with Gasteiger partial charge in [-0.05, 0) is 24.2 Å². The predicted molar refractivity (Wildman–Crippen MR) is 79.5 cm³/mol. The lowest BCUT2D eigenvalue weighted by molar-refractivity contribution is -0.130. The van der Waals surface area contributed by atoms with Crippen LogP contribution in [-0.2, 0) is 10.2 Å². The molecule has 0 aliphatic carbocycles. The molecule has 0 bridgehead atoms. The number of carbonyl (C=O) groups excluding carboxylic acids is 1. The third kappa shape index (κ3) is 1.74. The lowest BCUT2D eigenvalue weighted by Gasteiger charge is -2.41. The summed E-state index contributed by atoms with van der Waals surface area (Å²) in [6.45, 7) is 1.96. The van der Waals surface area contributed by atoms with Crippen LogP contribution in [0.2, 0.25) is 0 Å². The molecular weight excluding hydrogens is 264 g/mol. The monoisotopic (exact) mass is 278 g/mol. The molecule has 0 radical (unpaired) electrons. The van der Waals surface area contributed by atoms with E-state index in [2.05, 4.69) is 5.32 Å². The fourth-order valence-electron chi connectivity index (χ4n) is 2.26. The number of nitrogens with one attached hydrogen (secondary N) is 1. The van der Waals surface area contributed by atoms with Gasteiger partial charge in [0.25, 0.3) is 0 Å². The molecule has 1 fully saturated rings. The maximum atomic E-state index is 12.6. The Bertz CT molecular complexity index is 515. The van der Waals surface area contributed by atoms with E-state index < -0.39 is 5.41 Å². The number of carbonyl (C=O) groups is 1. The molecule has 1 amide bonds. The molecule has 2 rings (SSSR count). The molecule has 0 spiro atoms. The fourth-order valence-corrected chi connectivity index (χ4v) is 2.95. The van der Waals surface area contributed by atoms with Crippen LogP contribution in [0.25, 0.3) is 0 Å². The Kier molecular flexibility index (Phi) is 3.45. The van der Waals surface area contributed by atoms with Crippen molar-refractivity contribution in [2.24, 2.45) is 0 Å². The lowest BCUT2D eigenvalue weighted by atomic mass is 9.75. The molecule has 1 heterocycles. The quantitative estimate of drug-likeness (QED) is 0.839. The maximum Gasteiger partial charge on any atom is 0.246 e. The molecule has 1 N–H and O–H groups in total. The van der Waals surface area contributed by atoms with Gasteiger partial charge in [-0.15, -0.1) is 0 Å². The highest BCUT2D eigenvalue weighted by atomic mass is 32.1. The van der Waals surface area contributed by atoms with E-state index >= 15 is 0 Å². The average Bonchev–Trinajstić information content (AvgIpc) is 2.39. The number of rotatable bonds is 2. The van der Waals surface area contributed by atoms with Gasteiger partial charge in [0.2, 0.25) is 5.91 Å². The van der Waals surface area contributed by atoms with E-state index in [4.69, 9.17) is 24.4 Å². The molecule has 1 aliphatic rings. The lowest BCUT2D eigenvalue weighted by Crippen LogP contribution is -2.63. The number of amides is 1. The molecule has 1 aromatic carbocycles. The van der Waals surface area contributed by atoms with Crippen molar-refractivity contribution in [3.8, 4) is 0 Å². The number of nitrogens with zero attached hydrogens (tertiary/aromatic N) is 1. The van der Waals surface area contributed by atoms with E-state index in [1.54, 1.807) is 7.05 Å². The van der Waals surface area contributed by atoms with Crippen LogP contribution in [0.1, 0.15) is 18.9 Å². The first-order chi connectivity index (χ1) is 8.54. The molecule has 18 heavy (non-hydrogen) atoms. The highest BCUT2D eigenvalue weighted by molar-refractivity contribution is 7.82. The van der Waals surface area contributed by atoms with Crippen molar-refractivity contribution in [1.82, 2.24) is 10.2 Å². The highest BCUT2D eigenvalue weighted by Crippen LogP contribution is 2.33. The fraction of sp³-hybridized carbons (Fsp3) is 0.308. The van der Waals surface area contributed by atoms with Crippen molar-refractivity contribution >= 4 is 40.4 Å². The zero-order chi connectivity index (χ0) is 13.3. The number of thiocarbonyl (C=S) groups is 2. The number of likely N-dealkylation sites (N-methyl/N-ethyl adjacent to an activating group) is 1. The van der Waals surface area contributed by atoms with Crippen LogP contribution in [0.4, 0.5) is 0 Å². The Hall–Kier alpha value is -1.33. The van der Waals surface area contributed by atoms with Crippen molar-refractivity contribution < 1.29 is 4.79 Å². The first-order valence-corrected chi connectivity index (χ1v) is 6.54. The minimum absolute atomic E-state index is 0.0649. The van der Waals surface area contributed by atoms with E-state index in [9.17, 15) is 4.79 Å². The van der Waals surface area contributed by atoms with Gasteiger partial charge in [-0.3, -0.25) is 9.69 Å². The molecule has 0 aromatic heterocycles. The summed E-state index contributed by atoms with van der Waals surface area (Å²) in [6, 6.07) is 9.60. The molecular formula is C13H14N2OS2. The Balaban J connectivity index is 2.58. The second-order valence-electron chi connectivity index (χ2n) is 4.25. The predicted octanol–water partition coefficient (Wildman–Crippen LogP) is 2.01. The standard InChI is InChI=1S/C13H14N2OS2/c1-3-13(9-7-5-4-6-8-9)10(17)14-12(18)15(2)11(13)16/h4-8H,3H2,1-2H3,(H,14,17,18)/t13-/m1/s1. The highest BCUT2D eigenvalue weighted by Gasteiger charge is 2.48. The molecule has 3 nitrogen and oxygen atoms in total. The van der Waals surface area contributed by atoms with Gasteiger partial charge in [0, 0.05) is 7.05 Å². The maximum absolute atomic E-state index is 12.6. The summed E-state index contributed by atoms with van der Waals surface area (Å²) in [7, 11) is 1.67. The van der Waals surface area contributed by atoms with E-state index in [-0.39, 0.29) is 5.91 Å². The van der Waals surface area contributed by atoms with Crippen LogP contribution in [0.15, 0.2) is 30.3 Å². The molecule has 94 valence electrons. The van der Waals surface area contributed by atoms with E-state index in [0.717, 1.165) is 5.56 Å². The Morgan fingerprint density at radius 1 is 1.28 bits per heavy atom. The molecule has 1 saturated heterocycles. The number of hydrogen-bond acceptors (Lipinski definition) is 3. The summed E-state index contributed by atoms with van der Waals surface area (Å²) in [4.78, 5) is 14.6. The van der Waals surface area contributed by atoms with Crippen LogP contribution < -0.4 is 5.32 Å². The van der Waals surface area contributed by atoms with Gasteiger partial charge in [-0.2, -0.15) is 0 Å². The van der Waals surface area contributed by atoms with Crippen LogP contribution >= 0.6 is 24.4 Å². The van der Waals surface area contributed by atoms with Gasteiger partial charge in [0.1, 0.15) is 10.4 Å². The van der Waals surface area contributed by atoms with E-state index in [1.165, 1.54) is 4.90 Å². The second-order valence-corrected chi connectivity index (χ2v) is 5.04. The minimum Gasteiger partial charge on any atom is -0.326 e. The molecule has 0 unspecified atom stereocenters. The normalized spacial score (nSPS) is 24.1. The third-order valence-corrected chi connectivity index (χ3v) is 4.21. The van der Waals surface area contributed by atoms with Gasteiger partial charge in [0.05, 0.1) is 0 Å². The average molecular weight is 278 g/mol. The van der Waals surface area contributed by atoms with Crippen LogP contribution in [0.5, 0.6) is 0 Å². The van der Waals surface area contributed by atoms with E-state index in [1.807, 2.05) is 37.3 Å². The zero-order valence-corrected chi connectivity index (χ0v) is 11.9. The Morgan fingerprint density at radius 2 is 1.89 bits per heavy atom. The van der Waals surface area contributed by atoms with Crippen molar-refractivity contribution in [3.05, 3.63) is 35.9 Å². The van der Waals surface area contributed by atoms with Gasteiger partial charge in [-0.25, -0.2) is 0 Å². The van der Waals surface area contributed by atoms with Crippen molar-refractivity contribution in [2.45, 2.75) is 18.8 Å². The molecule has 1 atom stereocenters.